The van der Waals surface area contributed by atoms with Crippen molar-refractivity contribution in [3.05, 3.63) is 77.3 Å². The minimum Gasteiger partial charge on any atom is -0.389 e. The summed E-state index contributed by atoms with van der Waals surface area (Å²) in [6, 6.07) is 0. The van der Waals surface area contributed by atoms with Gasteiger partial charge in [-0.25, -0.2) is 0 Å². The minimum absolute atomic E-state index is 0.194. The second kappa shape index (κ2) is 14.6. The van der Waals surface area contributed by atoms with E-state index in [1.54, 1.807) is 39.0 Å². The van der Waals surface area contributed by atoms with Gasteiger partial charge in [-0.05, 0) is 59.1 Å². The van der Waals surface area contributed by atoms with Crippen LogP contribution < -0.4 is 5.32 Å². The highest BCUT2D eigenvalue weighted by molar-refractivity contribution is 5.83. The largest absolute Gasteiger partial charge is 0.389 e. The average molecular weight is 428 g/mol. The van der Waals surface area contributed by atoms with Crippen LogP contribution in [0.1, 0.15) is 61.8 Å². The smallest absolute Gasteiger partial charge is 0.233 e. The Labute approximate surface area is 189 Å². The molecule has 0 bridgehead atoms. The zero-order valence-corrected chi connectivity index (χ0v) is 20.4. The molecule has 0 aromatic heterocycles. The lowest BCUT2D eigenvalue weighted by Gasteiger charge is -2.29. The molecule has 3 unspecified atom stereocenters. The maximum atomic E-state index is 12.5. The van der Waals surface area contributed by atoms with Crippen LogP contribution in [0.15, 0.2) is 77.3 Å². The monoisotopic (exact) mass is 427 g/mol. The third kappa shape index (κ3) is 11.0. The number of hydrogen-bond acceptors (Lipinski definition) is 3. The Balaban J connectivity index is 4.92. The number of hydrogen-bond donors (Lipinski definition) is 3. The number of rotatable bonds is 11. The van der Waals surface area contributed by atoms with E-state index < -0.39 is 17.6 Å². The Morgan fingerprint density at radius 1 is 1.06 bits per heavy atom. The van der Waals surface area contributed by atoms with Crippen LogP contribution in [0.3, 0.4) is 0 Å². The fourth-order valence-corrected chi connectivity index (χ4v) is 2.42. The maximum Gasteiger partial charge on any atom is 0.233 e. The molecule has 4 heteroatoms. The number of carbonyl (C=O) groups excluding carboxylic acids is 1. The molecule has 0 saturated heterocycles. The number of carbonyl (C=O) groups is 1. The summed E-state index contributed by atoms with van der Waals surface area (Å²) in [6.07, 6.45) is 15.4. The van der Waals surface area contributed by atoms with Crippen molar-refractivity contribution in [2.75, 3.05) is 0 Å². The van der Waals surface area contributed by atoms with E-state index in [0.717, 1.165) is 6.42 Å². The first-order chi connectivity index (χ1) is 14.4. The number of nitrogens with one attached hydrogen (secondary N) is 1. The van der Waals surface area contributed by atoms with E-state index in [9.17, 15) is 15.0 Å². The summed E-state index contributed by atoms with van der Waals surface area (Å²) in [7, 11) is 0. The number of amides is 1. The first-order valence-corrected chi connectivity index (χ1v) is 10.9. The number of allylic oxidation sites excluding steroid dienone is 9. The van der Waals surface area contributed by atoms with Crippen molar-refractivity contribution >= 4 is 5.91 Å². The lowest BCUT2D eigenvalue weighted by molar-refractivity contribution is -0.132. The summed E-state index contributed by atoms with van der Waals surface area (Å²) in [5, 5.41) is 23.2. The minimum atomic E-state index is -1.01. The topological polar surface area (TPSA) is 69.6 Å². The Morgan fingerprint density at radius 2 is 1.71 bits per heavy atom. The molecule has 0 aromatic carbocycles. The highest BCUT2D eigenvalue weighted by Gasteiger charge is 2.36. The van der Waals surface area contributed by atoms with Crippen LogP contribution >= 0.6 is 0 Å². The van der Waals surface area contributed by atoms with Crippen LogP contribution in [-0.4, -0.2) is 28.3 Å². The van der Waals surface area contributed by atoms with E-state index in [1.807, 2.05) is 44.2 Å². The van der Waals surface area contributed by atoms with Crippen LogP contribution in [0.4, 0.5) is 0 Å². The lowest BCUT2D eigenvalue weighted by atomic mass is 9.82. The van der Waals surface area contributed by atoms with Gasteiger partial charge in [-0.3, -0.25) is 4.79 Å². The first-order valence-electron chi connectivity index (χ1n) is 10.9. The van der Waals surface area contributed by atoms with Crippen LogP contribution in [-0.2, 0) is 4.79 Å². The van der Waals surface area contributed by atoms with Gasteiger partial charge in [0.05, 0.1) is 17.6 Å². The summed E-state index contributed by atoms with van der Waals surface area (Å²) < 4.78 is 0. The second-order valence-corrected chi connectivity index (χ2v) is 8.67. The highest BCUT2D eigenvalue weighted by Crippen LogP contribution is 2.26. The Kier molecular flexibility index (Phi) is 13.5. The van der Waals surface area contributed by atoms with Gasteiger partial charge in [0.15, 0.2) is 0 Å². The van der Waals surface area contributed by atoms with Gasteiger partial charge in [0.25, 0.3) is 0 Å². The molecule has 0 aromatic rings. The SMILES string of the molecule is CCC(C)C(O)C=CC=C=CNC(=O)C(C)(C)C(O)\C(C)=C/C=C\C=C\C(C)=C(C)C. The molecule has 4 nitrogen and oxygen atoms in total. The van der Waals surface area contributed by atoms with Crippen molar-refractivity contribution in [1.29, 1.82) is 0 Å². The molecule has 31 heavy (non-hydrogen) atoms. The van der Waals surface area contributed by atoms with E-state index in [0.29, 0.717) is 5.57 Å². The molecule has 0 rings (SSSR count). The number of aliphatic hydroxyl groups excluding tert-OH is 2. The third-order valence-corrected chi connectivity index (χ3v) is 5.43. The van der Waals surface area contributed by atoms with Gasteiger partial charge in [0, 0.05) is 6.20 Å². The van der Waals surface area contributed by atoms with E-state index in [-0.39, 0.29) is 11.8 Å². The van der Waals surface area contributed by atoms with E-state index in [2.05, 4.69) is 31.8 Å². The quantitative estimate of drug-likeness (QED) is 0.300. The van der Waals surface area contributed by atoms with Gasteiger partial charge >= 0.3 is 0 Å². The second-order valence-electron chi connectivity index (χ2n) is 8.67. The Hall–Kier alpha value is -2.39. The van der Waals surface area contributed by atoms with Gasteiger partial charge < -0.3 is 15.5 Å². The molecule has 3 atom stereocenters. The average Bonchev–Trinajstić information content (AvgIpc) is 2.73. The van der Waals surface area contributed by atoms with E-state index in [1.165, 1.54) is 17.3 Å². The van der Waals surface area contributed by atoms with Crippen molar-refractivity contribution in [2.45, 2.75) is 74.0 Å². The molecule has 0 aliphatic carbocycles. The van der Waals surface area contributed by atoms with Crippen LogP contribution in [0.2, 0.25) is 0 Å². The van der Waals surface area contributed by atoms with E-state index in [4.69, 9.17) is 0 Å². The fourth-order valence-electron chi connectivity index (χ4n) is 2.42. The molecule has 172 valence electrons. The van der Waals surface area contributed by atoms with Crippen LogP contribution in [0, 0.1) is 11.3 Å². The Morgan fingerprint density at radius 3 is 2.29 bits per heavy atom. The Bertz CT molecular complexity index is 783. The molecular weight excluding hydrogens is 386 g/mol. The van der Waals surface area contributed by atoms with Gasteiger partial charge in [0.1, 0.15) is 0 Å². The van der Waals surface area contributed by atoms with Gasteiger partial charge in [-0.2, -0.15) is 0 Å². The fraction of sp³-hybridized carbons (Fsp3) is 0.481. The molecule has 1 amide bonds. The molecule has 0 aliphatic rings. The lowest BCUT2D eigenvalue weighted by Crippen LogP contribution is -2.43. The third-order valence-electron chi connectivity index (χ3n) is 5.43. The first kappa shape index (κ1) is 28.6. The van der Waals surface area contributed by atoms with Crippen molar-refractivity contribution in [3.8, 4) is 0 Å². The summed E-state index contributed by atoms with van der Waals surface area (Å²) in [5.74, 6) is -0.111. The zero-order valence-electron chi connectivity index (χ0n) is 20.4. The van der Waals surface area contributed by atoms with Gasteiger partial charge in [-0.1, -0.05) is 73.9 Å². The highest BCUT2D eigenvalue weighted by atomic mass is 16.3. The van der Waals surface area contributed by atoms with Crippen LogP contribution in [0.5, 0.6) is 0 Å². The maximum absolute atomic E-state index is 12.5. The summed E-state index contributed by atoms with van der Waals surface area (Å²) in [6.45, 7) is 15.4. The van der Waals surface area contributed by atoms with Gasteiger partial charge in [0.2, 0.25) is 5.91 Å². The molecule has 0 spiro atoms. The van der Waals surface area contributed by atoms with Crippen molar-refractivity contribution in [2.24, 2.45) is 11.3 Å². The van der Waals surface area contributed by atoms with E-state index >= 15 is 0 Å². The predicted molar refractivity (Wildman–Crippen MR) is 131 cm³/mol. The summed E-state index contributed by atoms with van der Waals surface area (Å²) in [5.41, 5.74) is 5.01. The van der Waals surface area contributed by atoms with Crippen molar-refractivity contribution in [3.63, 3.8) is 0 Å². The molecular formula is C27H41NO3. The molecule has 0 saturated carbocycles. The molecule has 0 aliphatic heterocycles. The normalized spacial score (nSPS) is 15.6. The number of aliphatic hydroxyl groups is 2. The summed E-state index contributed by atoms with van der Waals surface area (Å²) >= 11 is 0. The molecule has 3 N–H and O–H groups in total. The molecule has 0 fully saturated rings. The van der Waals surface area contributed by atoms with Crippen molar-refractivity contribution < 1.29 is 15.0 Å². The standard InChI is InChI=1S/C27H41NO3/c1-9-21(4)24(29)18-14-11-15-19-28-26(31)27(7,8)25(30)23(6)17-13-10-12-16-22(5)20(2)3/h10-14,16-19,21,24-25,29-30H,9H2,1-8H3,(H,28,31)/b13-10-,16-12+,18-14?,23-17-. The van der Waals surface area contributed by atoms with Crippen molar-refractivity contribution in [1.82, 2.24) is 5.32 Å². The predicted octanol–water partition coefficient (Wildman–Crippen LogP) is 5.54. The zero-order chi connectivity index (χ0) is 24.0. The molecule has 0 radical (unpaired) electrons. The van der Waals surface area contributed by atoms with Crippen LogP contribution in [0.25, 0.3) is 0 Å². The molecule has 0 heterocycles. The summed E-state index contributed by atoms with van der Waals surface area (Å²) in [4.78, 5) is 12.5. The van der Waals surface area contributed by atoms with Gasteiger partial charge in [-0.15, -0.1) is 5.73 Å².